The Balaban J connectivity index is 1.65. The van der Waals surface area contributed by atoms with Crippen LogP contribution in [0.25, 0.3) is 10.9 Å². The maximum Gasteiger partial charge on any atom is 0.340 e. The molecule has 0 atom stereocenters. The number of esters is 2. The van der Waals surface area contributed by atoms with Crippen LogP contribution in [0.2, 0.25) is 0 Å². The molecule has 7 heteroatoms. The van der Waals surface area contributed by atoms with Gasteiger partial charge in [-0.3, -0.25) is 4.79 Å². The number of carbonyl (C=O) groups is 3. The summed E-state index contributed by atoms with van der Waals surface area (Å²) in [5.41, 5.74) is 1.65. The zero-order valence-electron chi connectivity index (χ0n) is 13.9. The number of methoxy groups -OCH3 is 1. The van der Waals surface area contributed by atoms with E-state index < -0.39 is 24.5 Å². The first-order valence-electron chi connectivity index (χ1n) is 7.80. The highest BCUT2D eigenvalue weighted by atomic mass is 16.5. The SMILES string of the molecule is COC(=O)c1ccccc1NC(=O)COC(=O)c1c[nH]c2ccccc12. The van der Waals surface area contributed by atoms with Gasteiger partial charge in [-0.25, -0.2) is 9.59 Å². The van der Waals surface area contributed by atoms with Gasteiger partial charge in [0.2, 0.25) is 0 Å². The van der Waals surface area contributed by atoms with Crippen LogP contribution in [0.4, 0.5) is 5.69 Å². The number of nitrogens with one attached hydrogen (secondary N) is 2. The number of amides is 1. The van der Waals surface area contributed by atoms with Crippen LogP contribution in [0, 0.1) is 0 Å². The number of fused-ring (bicyclic) bond motifs is 1. The highest BCUT2D eigenvalue weighted by molar-refractivity contribution is 6.05. The molecule has 2 N–H and O–H groups in total. The Morgan fingerprint density at radius 1 is 0.962 bits per heavy atom. The summed E-state index contributed by atoms with van der Waals surface area (Å²) in [6, 6.07) is 13.7. The van der Waals surface area contributed by atoms with E-state index in [0.717, 1.165) is 5.52 Å². The highest BCUT2D eigenvalue weighted by Crippen LogP contribution is 2.19. The second kappa shape index (κ2) is 7.52. The van der Waals surface area contributed by atoms with E-state index >= 15 is 0 Å². The van der Waals surface area contributed by atoms with Gasteiger partial charge in [-0.15, -0.1) is 0 Å². The van der Waals surface area contributed by atoms with Crippen LogP contribution in [0.5, 0.6) is 0 Å². The van der Waals surface area contributed by atoms with Crippen LogP contribution in [0.1, 0.15) is 20.7 Å². The van der Waals surface area contributed by atoms with E-state index in [1.54, 1.807) is 24.3 Å². The van der Waals surface area contributed by atoms with Crippen molar-refractivity contribution in [3.63, 3.8) is 0 Å². The maximum absolute atomic E-state index is 12.2. The molecular weight excluding hydrogens is 336 g/mol. The summed E-state index contributed by atoms with van der Waals surface area (Å²) in [5.74, 6) is -1.75. The van der Waals surface area contributed by atoms with E-state index in [9.17, 15) is 14.4 Å². The van der Waals surface area contributed by atoms with E-state index in [1.165, 1.54) is 19.4 Å². The fraction of sp³-hybridized carbons (Fsp3) is 0.105. The largest absolute Gasteiger partial charge is 0.465 e. The second-order valence-corrected chi connectivity index (χ2v) is 5.41. The molecule has 1 aromatic heterocycles. The number of para-hydroxylation sites is 2. The Bertz CT molecular complexity index is 977. The summed E-state index contributed by atoms with van der Waals surface area (Å²) in [5, 5.41) is 3.26. The molecule has 0 saturated carbocycles. The van der Waals surface area contributed by atoms with E-state index in [0.29, 0.717) is 10.9 Å². The van der Waals surface area contributed by atoms with Crippen molar-refractivity contribution in [2.45, 2.75) is 0 Å². The van der Waals surface area contributed by atoms with Crippen molar-refractivity contribution in [2.75, 3.05) is 19.0 Å². The van der Waals surface area contributed by atoms with Gasteiger partial charge in [0.15, 0.2) is 6.61 Å². The van der Waals surface area contributed by atoms with E-state index in [2.05, 4.69) is 15.0 Å². The Labute approximate surface area is 148 Å². The molecule has 1 amide bonds. The summed E-state index contributed by atoms with van der Waals surface area (Å²) in [4.78, 5) is 38.9. The quantitative estimate of drug-likeness (QED) is 0.688. The third-order valence-corrected chi connectivity index (χ3v) is 3.75. The van der Waals surface area contributed by atoms with Gasteiger partial charge in [-0.1, -0.05) is 30.3 Å². The van der Waals surface area contributed by atoms with Crippen LogP contribution in [0.3, 0.4) is 0 Å². The molecule has 0 radical (unpaired) electrons. The molecule has 0 unspecified atom stereocenters. The first kappa shape index (κ1) is 17.2. The van der Waals surface area contributed by atoms with Crippen molar-refractivity contribution in [3.05, 3.63) is 65.9 Å². The van der Waals surface area contributed by atoms with Gasteiger partial charge >= 0.3 is 11.9 Å². The number of aromatic nitrogens is 1. The lowest BCUT2D eigenvalue weighted by molar-refractivity contribution is -0.119. The average Bonchev–Trinajstić information content (AvgIpc) is 3.10. The van der Waals surface area contributed by atoms with E-state index in [1.807, 2.05) is 18.2 Å². The molecule has 2 aromatic carbocycles. The summed E-state index contributed by atoms with van der Waals surface area (Å²) >= 11 is 0. The first-order valence-corrected chi connectivity index (χ1v) is 7.80. The predicted octanol–water partition coefficient (Wildman–Crippen LogP) is 2.75. The van der Waals surface area contributed by atoms with Crippen LogP contribution < -0.4 is 5.32 Å². The molecule has 0 aliphatic carbocycles. The Morgan fingerprint density at radius 2 is 1.69 bits per heavy atom. The van der Waals surface area contributed by atoms with Crippen LogP contribution in [-0.4, -0.2) is 36.5 Å². The number of carbonyl (C=O) groups excluding carboxylic acids is 3. The molecular formula is C19H16N2O5. The minimum atomic E-state index is -0.612. The standard InChI is InChI=1S/C19H16N2O5/c1-25-18(23)13-7-3-5-9-16(13)21-17(22)11-26-19(24)14-10-20-15-8-4-2-6-12(14)15/h2-10,20H,11H2,1H3,(H,21,22). The lowest BCUT2D eigenvalue weighted by atomic mass is 10.2. The monoisotopic (exact) mass is 352 g/mol. The number of anilines is 1. The Kier molecular flexibility index (Phi) is 4.98. The Morgan fingerprint density at radius 3 is 2.50 bits per heavy atom. The lowest BCUT2D eigenvalue weighted by Crippen LogP contribution is -2.22. The predicted molar refractivity (Wildman–Crippen MR) is 95.0 cm³/mol. The number of H-pyrrole nitrogens is 1. The number of hydrogen-bond acceptors (Lipinski definition) is 5. The summed E-state index contributed by atoms with van der Waals surface area (Å²) in [6.07, 6.45) is 1.54. The first-order chi connectivity index (χ1) is 12.6. The Hall–Kier alpha value is -3.61. The van der Waals surface area contributed by atoms with Crippen LogP contribution in [0.15, 0.2) is 54.7 Å². The molecule has 0 aliphatic heterocycles. The van der Waals surface area contributed by atoms with Gasteiger partial charge in [0.25, 0.3) is 5.91 Å². The van der Waals surface area contributed by atoms with Gasteiger partial charge in [-0.05, 0) is 18.2 Å². The van der Waals surface area contributed by atoms with Crippen molar-refractivity contribution in [1.82, 2.24) is 4.98 Å². The van der Waals surface area contributed by atoms with Crippen molar-refractivity contribution in [2.24, 2.45) is 0 Å². The minimum absolute atomic E-state index is 0.214. The molecule has 7 nitrogen and oxygen atoms in total. The number of ether oxygens (including phenoxy) is 2. The molecule has 3 rings (SSSR count). The van der Waals surface area contributed by atoms with Crippen molar-refractivity contribution in [3.8, 4) is 0 Å². The van der Waals surface area contributed by atoms with Crippen molar-refractivity contribution < 1.29 is 23.9 Å². The third-order valence-electron chi connectivity index (χ3n) is 3.75. The zero-order chi connectivity index (χ0) is 18.5. The van der Waals surface area contributed by atoms with E-state index in [-0.39, 0.29) is 11.3 Å². The third kappa shape index (κ3) is 3.56. The van der Waals surface area contributed by atoms with Gasteiger partial charge in [0.1, 0.15) is 0 Å². The van der Waals surface area contributed by atoms with Gasteiger partial charge < -0.3 is 19.8 Å². The average molecular weight is 352 g/mol. The topological polar surface area (TPSA) is 97.5 Å². The lowest BCUT2D eigenvalue weighted by Gasteiger charge is -2.09. The smallest absolute Gasteiger partial charge is 0.340 e. The van der Waals surface area contributed by atoms with Gasteiger partial charge in [-0.2, -0.15) is 0 Å². The fourth-order valence-corrected chi connectivity index (χ4v) is 2.52. The molecule has 0 saturated heterocycles. The summed E-state index contributed by atoms with van der Waals surface area (Å²) in [6.45, 7) is -0.478. The maximum atomic E-state index is 12.2. The highest BCUT2D eigenvalue weighted by Gasteiger charge is 2.17. The molecule has 0 fully saturated rings. The molecule has 0 aliphatic rings. The van der Waals surface area contributed by atoms with Gasteiger partial charge in [0.05, 0.1) is 23.9 Å². The molecule has 132 valence electrons. The second-order valence-electron chi connectivity index (χ2n) is 5.41. The minimum Gasteiger partial charge on any atom is -0.465 e. The molecule has 0 bridgehead atoms. The normalized spacial score (nSPS) is 10.3. The fourth-order valence-electron chi connectivity index (χ4n) is 2.52. The molecule has 26 heavy (non-hydrogen) atoms. The number of benzene rings is 2. The van der Waals surface area contributed by atoms with Crippen molar-refractivity contribution in [1.29, 1.82) is 0 Å². The van der Waals surface area contributed by atoms with Crippen molar-refractivity contribution >= 4 is 34.4 Å². The molecule has 3 aromatic rings. The number of aromatic amines is 1. The van der Waals surface area contributed by atoms with Gasteiger partial charge in [0, 0.05) is 17.1 Å². The molecule has 0 spiro atoms. The number of rotatable bonds is 5. The molecule has 1 heterocycles. The zero-order valence-corrected chi connectivity index (χ0v) is 13.9. The van der Waals surface area contributed by atoms with Crippen LogP contribution >= 0.6 is 0 Å². The summed E-state index contributed by atoms with van der Waals surface area (Å²) < 4.78 is 9.74. The summed E-state index contributed by atoms with van der Waals surface area (Å²) in [7, 11) is 1.25. The number of hydrogen-bond donors (Lipinski definition) is 2. The van der Waals surface area contributed by atoms with E-state index in [4.69, 9.17) is 4.74 Å². The van der Waals surface area contributed by atoms with Crippen LogP contribution in [-0.2, 0) is 14.3 Å².